The van der Waals surface area contributed by atoms with Crippen LogP contribution in [0.25, 0.3) is 0 Å². The molecule has 2 heterocycles. The van der Waals surface area contributed by atoms with E-state index in [0.717, 1.165) is 30.0 Å². The second-order valence-corrected chi connectivity index (χ2v) is 7.82. The highest BCUT2D eigenvalue weighted by molar-refractivity contribution is 7.09. The molecule has 2 aromatic rings. The maximum atomic E-state index is 13.0. The molecular weight excluding hydrogens is 364 g/mol. The number of aryl methyl sites for hydroxylation is 1. The largest absolute Gasteiger partial charge is 0.487 e. The van der Waals surface area contributed by atoms with Crippen molar-refractivity contribution in [2.75, 3.05) is 6.54 Å². The lowest BCUT2D eigenvalue weighted by molar-refractivity contribution is -0.137. The summed E-state index contributed by atoms with van der Waals surface area (Å²) in [5, 5.41) is 11.9. The van der Waals surface area contributed by atoms with Crippen molar-refractivity contribution in [3.8, 4) is 5.75 Å². The second kappa shape index (κ2) is 8.99. The average molecular weight is 388 g/mol. The number of thiazole rings is 1. The molecule has 1 fully saturated rings. The van der Waals surface area contributed by atoms with Crippen molar-refractivity contribution in [1.29, 1.82) is 0 Å². The van der Waals surface area contributed by atoms with Gasteiger partial charge in [-0.05, 0) is 50.8 Å². The highest BCUT2D eigenvalue weighted by Crippen LogP contribution is 2.24. The zero-order valence-electron chi connectivity index (χ0n) is 15.4. The third-order valence-corrected chi connectivity index (χ3v) is 5.54. The predicted octanol–water partition coefficient (Wildman–Crippen LogP) is 3.89. The summed E-state index contributed by atoms with van der Waals surface area (Å²) in [7, 11) is 0. The van der Waals surface area contributed by atoms with Gasteiger partial charge in [-0.3, -0.25) is 9.59 Å². The first-order valence-electron chi connectivity index (χ1n) is 9.19. The van der Waals surface area contributed by atoms with Gasteiger partial charge in [0.05, 0.1) is 10.7 Å². The molecule has 1 aromatic heterocycles. The fourth-order valence-electron chi connectivity index (χ4n) is 3.37. The molecule has 27 heavy (non-hydrogen) atoms. The van der Waals surface area contributed by atoms with Gasteiger partial charge in [0.2, 0.25) is 0 Å². The summed E-state index contributed by atoms with van der Waals surface area (Å²) >= 11 is 1.58. The van der Waals surface area contributed by atoms with E-state index in [9.17, 15) is 9.59 Å². The van der Waals surface area contributed by atoms with Crippen molar-refractivity contribution in [3.05, 3.63) is 45.9 Å². The molecule has 1 aromatic carbocycles. The van der Waals surface area contributed by atoms with Crippen LogP contribution in [0.15, 0.2) is 29.6 Å². The van der Waals surface area contributed by atoms with E-state index in [0.29, 0.717) is 30.9 Å². The molecule has 1 N–H and O–H groups in total. The average Bonchev–Trinajstić information content (AvgIpc) is 3.10. The Hall–Kier alpha value is -2.41. The number of amides is 1. The van der Waals surface area contributed by atoms with Crippen LogP contribution in [0.3, 0.4) is 0 Å². The van der Waals surface area contributed by atoms with Crippen LogP contribution in [-0.4, -0.2) is 39.5 Å². The Kier molecular flexibility index (Phi) is 6.45. The van der Waals surface area contributed by atoms with Crippen molar-refractivity contribution < 1.29 is 19.4 Å². The van der Waals surface area contributed by atoms with Gasteiger partial charge < -0.3 is 14.7 Å². The number of carbonyl (C=O) groups is 2. The number of piperidine rings is 1. The summed E-state index contributed by atoms with van der Waals surface area (Å²) in [6, 6.07) is 7.17. The smallest absolute Gasteiger partial charge is 0.303 e. The van der Waals surface area contributed by atoms with Crippen LogP contribution in [0.1, 0.15) is 53.2 Å². The number of aliphatic carboxylic acids is 1. The van der Waals surface area contributed by atoms with E-state index >= 15 is 0 Å². The van der Waals surface area contributed by atoms with Crippen LogP contribution in [0, 0.1) is 6.92 Å². The molecule has 1 amide bonds. The zero-order chi connectivity index (χ0) is 19.2. The molecule has 0 unspecified atom stereocenters. The monoisotopic (exact) mass is 388 g/mol. The van der Waals surface area contributed by atoms with Crippen LogP contribution >= 0.6 is 11.3 Å². The minimum absolute atomic E-state index is 0.00935. The lowest BCUT2D eigenvalue weighted by Gasteiger charge is -2.35. The van der Waals surface area contributed by atoms with Crippen LogP contribution < -0.4 is 4.74 Å². The SMILES string of the molecule is Cc1nc(COc2cccc(C(=O)N3CCCC[C@@H]3CCC(=O)O)c2)cs1. The molecular formula is C20H24N2O4S. The molecule has 3 rings (SSSR count). The third-order valence-electron chi connectivity index (χ3n) is 4.71. The minimum atomic E-state index is -0.819. The molecule has 6 nitrogen and oxygen atoms in total. The maximum Gasteiger partial charge on any atom is 0.303 e. The van der Waals surface area contributed by atoms with Gasteiger partial charge in [-0.15, -0.1) is 11.3 Å². The Morgan fingerprint density at radius 3 is 2.96 bits per heavy atom. The highest BCUT2D eigenvalue weighted by Gasteiger charge is 2.28. The molecule has 0 radical (unpaired) electrons. The fraction of sp³-hybridized carbons (Fsp3) is 0.450. The van der Waals surface area contributed by atoms with Crippen molar-refractivity contribution >= 4 is 23.2 Å². The van der Waals surface area contributed by atoms with Gasteiger partial charge in [-0.25, -0.2) is 4.98 Å². The summed E-state index contributed by atoms with van der Waals surface area (Å²) in [6.07, 6.45) is 3.43. The van der Waals surface area contributed by atoms with E-state index in [1.165, 1.54) is 0 Å². The van der Waals surface area contributed by atoms with Gasteiger partial charge in [0.15, 0.2) is 0 Å². The molecule has 1 atom stereocenters. The Morgan fingerprint density at radius 2 is 2.22 bits per heavy atom. The van der Waals surface area contributed by atoms with Gasteiger partial charge >= 0.3 is 5.97 Å². The number of rotatable bonds is 7. The molecule has 0 saturated carbocycles. The summed E-state index contributed by atoms with van der Waals surface area (Å²) in [5.74, 6) is -0.244. The number of benzene rings is 1. The number of hydrogen-bond acceptors (Lipinski definition) is 5. The summed E-state index contributed by atoms with van der Waals surface area (Å²) in [4.78, 5) is 30.1. The van der Waals surface area contributed by atoms with Crippen molar-refractivity contribution in [2.45, 2.75) is 51.7 Å². The topological polar surface area (TPSA) is 79.7 Å². The van der Waals surface area contributed by atoms with E-state index in [4.69, 9.17) is 9.84 Å². The van der Waals surface area contributed by atoms with Crippen LogP contribution in [0.4, 0.5) is 0 Å². The minimum Gasteiger partial charge on any atom is -0.487 e. The highest BCUT2D eigenvalue weighted by atomic mass is 32.1. The third kappa shape index (κ3) is 5.29. The molecule has 0 spiro atoms. The van der Waals surface area contributed by atoms with E-state index < -0.39 is 5.97 Å². The normalized spacial score (nSPS) is 16.9. The number of hydrogen-bond donors (Lipinski definition) is 1. The van der Waals surface area contributed by atoms with Gasteiger partial charge in [0.25, 0.3) is 5.91 Å². The van der Waals surface area contributed by atoms with Crippen molar-refractivity contribution in [1.82, 2.24) is 9.88 Å². The van der Waals surface area contributed by atoms with Crippen LogP contribution in [-0.2, 0) is 11.4 Å². The van der Waals surface area contributed by atoms with Gasteiger partial charge in [-0.2, -0.15) is 0 Å². The number of likely N-dealkylation sites (tertiary alicyclic amines) is 1. The zero-order valence-corrected chi connectivity index (χ0v) is 16.2. The lowest BCUT2D eigenvalue weighted by Crippen LogP contribution is -2.44. The first-order chi connectivity index (χ1) is 13.0. The quantitative estimate of drug-likeness (QED) is 0.778. The number of carboxylic acids is 1. The molecule has 0 aliphatic carbocycles. The van der Waals surface area contributed by atoms with Crippen molar-refractivity contribution in [3.63, 3.8) is 0 Å². The summed E-state index contributed by atoms with van der Waals surface area (Å²) in [6.45, 7) is 2.99. The van der Waals surface area contributed by atoms with Gasteiger partial charge in [0.1, 0.15) is 12.4 Å². The van der Waals surface area contributed by atoms with Crippen LogP contribution in [0.2, 0.25) is 0 Å². The Balaban J connectivity index is 1.66. The standard InChI is InChI=1S/C20H24N2O4S/c1-14-21-16(13-27-14)12-26-18-7-4-5-15(11-18)20(25)22-10-3-2-6-17(22)8-9-19(23)24/h4-5,7,11,13,17H,2-3,6,8-10,12H2,1H3,(H,23,24)/t17-/m1/s1. The maximum absolute atomic E-state index is 13.0. The first kappa shape index (κ1) is 19.4. The molecule has 0 bridgehead atoms. The fourth-order valence-corrected chi connectivity index (χ4v) is 3.97. The number of ether oxygens (including phenoxy) is 1. The predicted molar refractivity (Wildman–Crippen MR) is 103 cm³/mol. The number of aromatic nitrogens is 1. The number of nitrogens with zero attached hydrogens (tertiary/aromatic N) is 2. The number of carbonyl (C=O) groups excluding carboxylic acids is 1. The lowest BCUT2D eigenvalue weighted by atomic mass is 9.97. The molecule has 1 aliphatic rings. The van der Waals surface area contributed by atoms with E-state index in [1.807, 2.05) is 29.3 Å². The second-order valence-electron chi connectivity index (χ2n) is 6.75. The molecule has 144 valence electrons. The van der Waals surface area contributed by atoms with E-state index in [1.54, 1.807) is 23.5 Å². The summed E-state index contributed by atoms with van der Waals surface area (Å²) in [5.41, 5.74) is 1.45. The van der Waals surface area contributed by atoms with Crippen molar-refractivity contribution in [2.24, 2.45) is 0 Å². The van der Waals surface area contributed by atoms with Crippen LogP contribution in [0.5, 0.6) is 5.75 Å². The first-order valence-corrected chi connectivity index (χ1v) is 10.1. The molecule has 1 aliphatic heterocycles. The van der Waals surface area contributed by atoms with Gasteiger partial charge in [0, 0.05) is 30.0 Å². The van der Waals surface area contributed by atoms with E-state index in [-0.39, 0.29) is 18.4 Å². The Bertz CT molecular complexity index is 805. The molecule has 1 saturated heterocycles. The van der Waals surface area contributed by atoms with Gasteiger partial charge in [-0.1, -0.05) is 6.07 Å². The Labute approximate surface area is 162 Å². The Morgan fingerprint density at radius 1 is 1.37 bits per heavy atom. The number of carboxylic acid groups (broad SMARTS) is 1. The van der Waals surface area contributed by atoms with E-state index in [2.05, 4.69) is 4.98 Å². The summed E-state index contributed by atoms with van der Waals surface area (Å²) < 4.78 is 5.79. The molecule has 7 heteroatoms.